The van der Waals surface area contributed by atoms with Gasteiger partial charge in [-0.1, -0.05) is 196 Å². The molecular weight excluding hydrogens is 721 g/mol. The van der Waals surface area contributed by atoms with Crippen molar-refractivity contribution in [3.05, 3.63) is 0 Å². The van der Waals surface area contributed by atoms with Crippen molar-refractivity contribution in [2.75, 3.05) is 19.8 Å². The van der Waals surface area contributed by atoms with Crippen LogP contribution in [0.5, 0.6) is 0 Å². The Kier molecular flexibility index (Phi) is 34.2. The third-order valence-electron chi connectivity index (χ3n) is 11.1. The molecule has 0 aromatic rings. The molecule has 9 heteroatoms. The number of carbonyl (C=O) groups excluding carboxylic acids is 3. The fraction of sp³-hybridized carbons (Fsp3) is 0.938. The molecular formula is C48H90O9. The molecule has 0 atom stereocenters. The van der Waals surface area contributed by atoms with Gasteiger partial charge in [0.15, 0.2) is 0 Å². The molecule has 0 unspecified atom stereocenters. The van der Waals surface area contributed by atoms with E-state index < -0.39 is 36.8 Å². The van der Waals surface area contributed by atoms with Crippen molar-refractivity contribution in [2.24, 2.45) is 17.8 Å². The van der Waals surface area contributed by atoms with Gasteiger partial charge in [0, 0.05) is 19.3 Å². The zero-order chi connectivity index (χ0) is 41.8. The second-order valence-electron chi connectivity index (χ2n) is 18.3. The summed E-state index contributed by atoms with van der Waals surface area (Å²) < 4.78 is 33.1. The van der Waals surface area contributed by atoms with Crippen molar-refractivity contribution in [3.8, 4) is 0 Å². The minimum Gasteiger partial charge on any atom is -0.434 e. The van der Waals surface area contributed by atoms with E-state index in [0.717, 1.165) is 75.5 Å². The van der Waals surface area contributed by atoms with Crippen LogP contribution in [0.4, 0.5) is 14.4 Å². The van der Waals surface area contributed by atoms with E-state index in [2.05, 4.69) is 41.5 Å². The molecule has 0 radical (unpaired) electrons. The molecule has 0 saturated heterocycles. The molecule has 1 rings (SSSR count). The molecule has 0 aromatic carbocycles. The zero-order valence-corrected chi connectivity index (χ0v) is 38.0. The molecule has 0 aliphatic heterocycles. The number of hydrogen-bond donors (Lipinski definition) is 0. The van der Waals surface area contributed by atoms with Crippen LogP contribution in [-0.2, 0) is 28.4 Å². The second kappa shape index (κ2) is 36.9. The average Bonchev–Trinajstić information content (AvgIpc) is 3.14. The van der Waals surface area contributed by atoms with Gasteiger partial charge in [-0.05, 0) is 37.0 Å². The SMILES string of the molecule is CC(C)CCCCCCCCCCOC(=O)OC1CC(OC(=O)OCCCCCCCCCCC(C)C)CC(OC(=O)OCCCCCCCCCCC(C)C)C1. The van der Waals surface area contributed by atoms with Crippen LogP contribution >= 0.6 is 0 Å². The van der Waals surface area contributed by atoms with Gasteiger partial charge >= 0.3 is 18.5 Å². The largest absolute Gasteiger partial charge is 0.508 e. The first-order valence-electron chi connectivity index (χ1n) is 24.0. The van der Waals surface area contributed by atoms with E-state index in [1.165, 1.54) is 116 Å². The van der Waals surface area contributed by atoms with Crippen molar-refractivity contribution in [1.82, 2.24) is 0 Å². The van der Waals surface area contributed by atoms with Gasteiger partial charge < -0.3 is 28.4 Å². The summed E-state index contributed by atoms with van der Waals surface area (Å²) in [7, 11) is 0. The Labute approximate surface area is 350 Å². The van der Waals surface area contributed by atoms with Gasteiger partial charge in [0.1, 0.15) is 18.3 Å². The lowest BCUT2D eigenvalue weighted by Crippen LogP contribution is -2.40. The van der Waals surface area contributed by atoms with E-state index in [-0.39, 0.29) is 19.3 Å². The van der Waals surface area contributed by atoms with Crippen LogP contribution in [-0.4, -0.2) is 56.6 Å². The van der Waals surface area contributed by atoms with E-state index >= 15 is 0 Å². The highest BCUT2D eigenvalue weighted by Gasteiger charge is 2.36. The van der Waals surface area contributed by atoms with Crippen LogP contribution in [0.15, 0.2) is 0 Å². The van der Waals surface area contributed by atoms with Crippen molar-refractivity contribution in [2.45, 2.75) is 252 Å². The number of hydrogen-bond acceptors (Lipinski definition) is 9. The molecule has 0 aromatic heterocycles. The van der Waals surface area contributed by atoms with E-state index in [1.807, 2.05) is 0 Å². The predicted molar refractivity (Wildman–Crippen MR) is 232 cm³/mol. The summed E-state index contributed by atoms with van der Waals surface area (Å²) in [6.45, 7) is 14.6. The monoisotopic (exact) mass is 811 g/mol. The minimum absolute atomic E-state index is 0.283. The maximum atomic E-state index is 12.6. The minimum atomic E-state index is -0.749. The van der Waals surface area contributed by atoms with E-state index in [9.17, 15) is 14.4 Å². The van der Waals surface area contributed by atoms with Gasteiger partial charge in [-0.25, -0.2) is 14.4 Å². The molecule has 0 amide bonds. The average molecular weight is 811 g/mol. The molecule has 0 heterocycles. The second-order valence-corrected chi connectivity index (χ2v) is 18.3. The Hall–Kier alpha value is -2.19. The molecule has 1 saturated carbocycles. The summed E-state index contributed by atoms with van der Waals surface area (Å²) in [6.07, 6.45) is 28.6. The first-order chi connectivity index (χ1) is 27.5. The van der Waals surface area contributed by atoms with Crippen molar-refractivity contribution >= 4 is 18.5 Å². The number of carbonyl (C=O) groups is 3. The highest BCUT2D eigenvalue weighted by molar-refractivity contribution is 5.61. The number of unbranched alkanes of at least 4 members (excludes halogenated alkanes) is 21. The Balaban J connectivity index is 2.40. The maximum absolute atomic E-state index is 12.6. The smallest absolute Gasteiger partial charge is 0.434 e. The molecule has 1 fully saturated rings. The van der Waals surface area contributed by atoms with Crippen LogP contribution in [0.1, 0.15) is 234 Å². The first-order valence-corrected chi connectivity index (χ1v) is 24.0. The van der Waals surface area contributed by atoms with Crippen LogP contribution < -0.4 is 0 Å². The van der Waals surface area contributed by atoms with Gasteiger partial charge in [0.05, 0.1) is 19.8 Å². The van der Waals surface area contributed by atoms with Gasteiger partial charge in [-0.2, -0.15) is 0 Å². The third kappa shape index (κ3) is 35.5. The summed E-state index contributed by atoms with van der Waals surface area (Å²) in [6, 6.07) is 0. The van der Waals surface area contributed by atoms with E-state index in [4.69, 9.17) is 28.4 Å². The lowest BCUT2D eigenvalue weighted by atomic mass is 9.92. The van der Waals surface area contributed by atoms with Crippen LogP contribution in [0, 0.1) is 17.8 Å². The fourth-order valence-corrected chi connectivity index (χ4v) is 7.58. The van der Waals surface area contributed by atoms with Crippen LogP contribution in [0.3, 0.4) is 0 Å². The highest BCUT2D eigenvalue weighted by atomic mass is 16.7. The standard InChI is InChI=1S/C48H90O9/c1-40(2)31-25-19-13-7-10-16-22-28-34-52-46(49)55-43-37-44(56-47(50)53-35-29-23-17-11-8-14-20-26-32-41(3)4)39-45(38-43)57-48(51)54-36-30-24-18-12-9-15-21-27-33-42(5)6/h40-45H,7-39H2,1-6H3. The maximum Gasteiger partial charge on any atom is 0.508 e. The van der Waals surface area contributed by atoms with Crippen LogP contribution in [0.2, 0.25) is 0 Å². The Morgan fingerprint density at radius 3 is 0.737 bits per heavy atom. The Morgan fingerprint density at radius 2 is 0.526 bits per heavy atom. The third-order valence-corrected chi connectivity index (χ3v) is 11.1. The summed E-state index contributed by atoms with van der Waals surface area (Å²) >= 11 is 0. The topological polar surface area (TPSA) is 107 Å². The zero-order valence-electron chi connectivity index (χ0n) is 38.0. The molecule has 0 N–H and O–H groups in total. The molecule has 9 nitrogen and oxygen atoms in total. The van der Waals surface area contributed by atoms with Crippen molar-refractivity contribution in [1.29, 1.82) is 0 Å². The molecule has 336 valence electrons. The molecule has 0 spiro atoms. The van der Waals surface area contributed by atoms with E-state index in [0.29, 0.717) is 19.8 Å². The highest BCUT2D eigenvalue weighted by Crippen LogP contribution is 2.28. The quantitative estimate of drug-likeness (QED) is 0.0347. The van der Waals surface area contributed by atoms with Gasteiger partial charge in [-0.3, -0.25) is 0 Å². The Morgan fingerprint density at radius 1 is 0.333 bits per heavy atom. The lowest BCUT2D eigenvalue weighted by molar-refractivity contribution is -0.0776. The molecule has 0 bridgehead atoms. The molecule has 57 heavy (non-hydrogen) atoms. The lowest BCUT2D eigenvalue weighted by Gasteiger charge is -2.33. The first kappa shape index (κ1) is 52.8. The number of ether oxygens (including phenoxy) is 6. The Bertz CT molecular complexity index is 827. The summed E-state index contributed by atoms with van der Waals surface area (Å²) in [5, 5.41) is 0. The van der Waals surface area contributed by atoms with Crippen molar-refractivity contribution in [3.63, 3.8) is 0 Å². The van der Waals surface area contributed by atoms with E-state index in [1.54, 1.807) is 0 Å². The van der Waals surface area contributed by atoms with Gasteiger partial charge in [-0.15, -0.1) is 0 Å². The van der Waals surface area contributed by atoms with Gasteiger partial charge in [0.25, 0.3) is 0 Å². The summed E-state index contributed by atoms with van der Waals surface area (Å²) in [4.78, 5) is 37.9. The molecule has 1 aliphatic rings. The van der Waals surface area contributed by atoms with Crippen LogP contribution in [0.25, 0.3) is 0 Å². The summed E-state index contributed by atoms with van der Waals surface area (Å²) in [5.74, 6) is 2.36. The summed E-state index contributed by atoms with van der Waals surface area (Å²) in [5.41, 5.74) is 0. The molecule has 1 aliphatic carbocycles. The van der Waals surface area contributed by atoms with Gasteiger partial charge in [0.2, 0.25) is 0 Å². The fourth-order valence-electron chi connectivity index (χ4n) is 7.58. The number of rotatable bonds is 36. The predicted octanol–water partition coefficient (Wildman–Crippen LogP) is 15.2. The normalized spacial score (nSPS) is 16.9. The van der Waals surface area contributed by atoms with Crippen molar-refractivity contribution < 1.29 is 42.8 Å².